The summed E-state index contributed by atoms with van der Waals surface area (Å²) in [6.07, 6.45) is 2.66. The molecule has 3 atom stereocenters. The van der Waals surface area contributed by atoms with Crippen molar-refractivity contribution in [2.75, 3.05) is 19.6 Å². The molecule has 2 fully saturated rings. The molecule has 2 heterocycles. The fourth-order valence-electron chi connectivity index (χ4n) is 5.29. The van der Waals surface area contributed by atoms with Crippen molar-refractivity contribution in [3.8, 4) is 5.75 Å². The van der Waals surface area contributed by atoms with E-state index in [1.807, 2.05) is 6.07 Å². The lowest BCUT2D eigenvalue weighted by Gasteiger charge is -2.61. The first kappa shape index (κ1) is 15.9. The molecule has 2 N–H and O–H groups in total. The third kappa shape index (κ3) is 1.98. The highest BCUT2D eigenvalue weighted by Crippen LogP contribution is 2.57. The monoisotopic (exact) mass is 328 g/mol. The fourth-order valence-corrected chi connectivity index (χ4v) is 5.29. The van der Waals surface area contributed by atoms with E-state index in [-0.39, 0.29) is 22.8 Å². The van der Waals surface area contributed by atoms with Gasteiger partial charge in [-0.25, -0.2) is 0 Å². The molecule has 1 amide bonds. The zero-order valence-electron chi connectivity index (χ0n) is 14.9. The number of fused-ring (bicyclic) bond motifs is 4. The first-order valence-electron chi connectivity index (χ1n) is 9.19. The molecule has 4 heteroatoms. The number of carbonyl (C=O) groups is 1. The lowest BCUT2D eigenvalue weighted by molar-refractivity contribution is -0.147. The summed E-state index contributed by atoms with van der Waals surface area (Å²) in [5, 5.41) is 13.7. The van der Waals surface area contributed by atoms with Gasteiger partial charge in [0.15, 0.2) is 0 Å². The van der Waals surface area contributed by atoms with E-state index in [4.69, 9.17) is 0 Å². The molecule has 1 unspecified atom stereocenters. The molecule has 0 aromatic heterocycles. The number of benzene rings is 1. The van der Waals surface area contributed by atoms with Gasteiger partial charge < -0.3 is 15.3 Å². The number of hydrogen-bond donors (Lipinski definition) is 2. The Hall–Kier alpha value is -1.55. The maximum atomic E-state index is 13.1. The topological polar surface area (TPSA) is 52.6 Å². The van der Waals surface area contributed by atoms with Crippen molar-refractivity contribution in [2.45, 2.75) is 51.5 Å². The molecule has 1 aliphatic carbocycles. The molecule has 0 spiro atoms. The summed E-state index contributed by atoms with van der Waals surface area (Å²) in [5.74, 6) is 0.811. The van der Waals surface area contributed by atoms with Crippen molar-refractivity contribution >= 4 is 5.91 Å². The van der Waals surface area contributed by atoms with Gasteiger partial charge in [0, 0.05) is 24.5 Å². The number of nitrogens with zero attached hydrogens (tertiary/aromatic N) is 1. The highest BCUT2D eigenvalue weighted by Gasteiger charge is 2.57. The third-order valence-electron chi connectivity index (χ3n) is 7.32. The molecule has 24 heavy (non-hydrogen) atoms. The zero-order valence-corrected chi connectivity index (χ0v) is 14.9. The van der Waals surface area contributed by atoms with Gasteiger partial charge in [-0.1, -0.05) is 32.9 Å². The van der Waals surface area contributed by atoms with E-state index >= 15 is 0 Å². The number of nitrogens with one attached hydrogen (secondary N) is 1. The molecular weight excluding hydrogens is 300 g/mol. The van der Waals surface area contributed by atoms with E-state index in [0.717, 1.165) is 44.5 Å². The summed E-state index contributed by atoms with van der Waals surface area (Å²) in [7, 11) is 0. The average molecular weight is 328 g/mol. The van der Waals surface area contributed by atoms with Gasteiger partial charge in [-0.05, 0) is 48.4 Å². The Morgan fingerprint density at radius 3 is 2.83 bits per heavy atom. The second-order valence-corrected chi connectivity index (χ2v) is 8.55. The van der Waals surface area contributed by atoms with Gasteiger partial charge in [-0.2, -0.15) is 0 Å². The third-order valence-corrected chi connectivity index (χ3v) is 7.32. The quantitative estimate of drug-likeness (QED) is 0.832. The Kier molecular flexibility index (Phi) is 3.47. The fraction of sp³-hybridized carbons (Fsp3) is 0.650. The van der Waals surface area contributed by atoms with Crippen molar-refractivity contribution in [3.05, 3.63) is 29.3 Å². The highest BCUT2D eigenvalue weighted by atomic mass is 16.3. The van der Waals surface area contributed by atoms with Crippen molar-refractivity contribution in [3.63, 3.8) is 0 Å². The standard InChI is InChI=1S/C20H28N2O2/c1-19(2)17-11-14-15(5-4-6-16(14)23)20(19,3)8-10-22(17)18(24)13-7-9-21-12-13/h4-6,13,17,21,23H,7-12H2,1-3H3/t13?,17-,20+/m1/s1. The molecule has 0 radical (unpaired) electrons. The summed E-state index contributed by atoms with van der Waals surface area (Å²) >= 11 is 0. The van der Waals surface area contributed by atoms with Crippen LogP contribution in [0.4, 0.5) is 0 Å². The van der Waals surface area contributed by atoms with Crippen LogP contribution in [0, 0.1) is 11.3 Å². The van der Waals surface area contributed by atoms with Gasteiger partial charge in [-0.3, -0.25) is 4.79 Å². The molecule has 2 aliphatic heterocycles. The van der Waals surface area contributed by atoms with Gasteiger partial charge in [0.1, 0.15) is 5.75 Å². The van der Waals surface area contributed by atoms with Crippen molar-refractivity contribution < 1.29 is 9.90 Å². The van der Waals surface area contributed by atoms with Crippen LogP contribution in [0.2, 0.25) is 0 Å². The molecule has 1 aromatic rings. The SMILES string of the molecule is CC1(C)[C@H]2Cc3c(O)cccc3[C@]1(C)CCN2C(=O)C1CCNC1. The minimum absolute atomic E-state index is 0.00526. The summed E-state index contributed by atoms with van der Waals surface area (Å²) < 4.78 is 0. The average Bonchev–Trinajstić information content (AvgIpc) is 3.05. The van der Waals surface area contributed by atoms with Crippen molar-refractivity contribution in [2.24, 2.45) is 11.3 Å². The van der Waals surface area contributed by atoms with Crippen LogP contribution in [-0.4, -0.2) is 41.6 Å². The van der Waals surface area contributed by atoms with Crippen LogP contribution in [0.25, 0.3) is 0 Å². The Labute approximate surface area is 144 Å². The predicted octanol–water partition coefficient (Wildman–Crippen LogP) is 2.44. The summed E-state index contributed by atoms with van der Waals surface area (Å²) in [4.78, 5) is 15.2. The normalized spacial score (nSPS) is 34.0. The Bertz CT molecular complexity index is 678. The van der Waals surface area contributed by atoms with E-state index in [2.05, 4.69) is 37.1 Å². The largest absolute Gasteiger partial charge is 0.508 e. The number of rotatable bonds is 1. The van der Waals surface area contributed by atoms with Crippen molar-refractivity contribution in [1.82, 2.24) is 10.2 Å². The molecule has 0 saturated carbocycles. The number of hydrogen-bond acceptors (Lipinski definition) is 3. The van der Waals surface area contributed by atoms with E-state index in [9.17, 15) is 9.90 Å². The maximum absolute atomic E-state index is 13.1. The lowest BCUT2D eigenvalue weighted by Crippen LogP contribution is -2.65. The summed E-state index contributed by atoms with van der Waals surface area (Å²) in [5.41, 5.74) is 2.31. The van der Waals surface area contributed by atoms with Gasteiger partial charge in [-0.15, -0.1) is 0 Å². The van der Waals surface area contributed by atoms with Crippen LogP contribution in [0.15, 0.2) is 18.2 Å². The minimum Gasteiger partial charge on any atom is -0.508 e. The van der Waals surface area contributed by atoms with Gasteiger partial charge in [0.25, 0.3) is 0 Å². The second kappa shape index (κ2) is 5.22. The van der Waals surface area contributed by atoms with Crippen LogP contribution in [0.1, 0.15) is 44.7 Å². The molecule has 1 aromatic carbocycles. The second-order valence-electron chi connectivity index (χ2n) is 8.55. The number of phenolic OH excluding ortho intramolecular Hbond substituents is 1. The van der Waals surface area contributed by atoms with Gasteiger partial charge >= 0.3 is 0 Å². The van der Waals surface area contributed by atoms with Crippen LogP contribution in [-0.2, 0) is 16.6 Å². The highest BCUT2D eigenvalue weighted by molar-refractivity contribution is 5.80. The first-order chi connectivity index (χ1) is 11.4. The number of amides is 1. The van der Waals surface area contributed by atoms with Gasteiger partial charge in [0.05, 0.1) is 5.92 Å². The first-order valence-corrected chi connectivity index (χ1v) is 9.19. The Balaban J connectivity index is 1.76. The van der Waals surface area contributed by atoms with Gasteiger partial charge in [0.2, 0.25) is 5.91 Å². The molecule has 2 saturated heterocycles. The number of phenols is 1. The van der Waals surface area contributed by atoms with E-state index in [1.54, 1.807) is 6.07 Å². The van der Waals surface area contributed by atoms with E-state index in [1.165, 1.54) is 5.56 Å². The van der Waals surface area contributed by atoms with E-state index in [0.29, 0.717) is 11.7 Å². The number of piperidine rings is 1. The number of carbonyl (C=O) groups excluding carboxylic acids is 1. The molecule has 3 aliphatic rings. The lowest BCUT2D eigenvalue weighted by atomic mass is 9.51. The van der Waals surface area contributed by atoms with Crippen LogP contribution < -0.4 is 5.32 Å². The van der Waals surface area contributed by atoms with Crippen LogP contribution in [0.3, 0.4) is 0 Å². The predicted molar refractivity (Wildman–Crippen MR) is 94.0 cm³/mol. The zero-order chi connectivity index (χ0) is 17.1. The molecule has 130 valence electrons. The number of likely N-dealkylation sites (tertiary alicyclic amines) is 1. The minimum atomic E-state index is -0.00621. The van der Waals surface area contributed by atoms with E-state index < -0.39 is 0 Å². The number of aromatic hydroxyl groups is 1. The van der Waals surface area contributed by atoms with Crippen molar-refractivity contribution in [1.29, 1.82) is 0 Å². The Morgan fingerprint density at radius 1 is 1.33 bits per heavy atom. The molecule has 2 bridgehead atoms. The smallest absolute Gasteiger partial charge is 0.227 e. The molecule has 4 rings (SSSR count). The Morgan fingerprint density at radius 2 is 2.12 bits per heavy atom. The maximum Gasteiger partial charge on any atom is 0.227 e. The molecular formula is C20H28N2O2. The summed E-state index contributed by atoms with van der Waals surface area (Å²) in [6, 6.07) is 6.07. The molecule has 4 nitrogen and oxygen atoms in total. The summed E-state index contributed by atoms with van der Waals surface area (Å²) in [6.45, 7) is 9.50. The van der Waals surface area contributed by atoms with Crippen LogP contribution >= 0.6 is 0 Å². The van der Waals surface area contributed by atoms with Crippen LogP contribution in [0.5, 0.6) is 5.75 Å².